The number of rotatable bonds is 3. The largest absolute Gasteiger partial charge is 0.294 e. The zero-order chi connectivity index (χ0) is 8.91. The highest BCUT2D eigenvalue weighted by molar-refractivity contribution is 5.84. The van der Waals surface area contributed by atoms with Crippen molar-refractivity contribution >= 4 is 5.71 Å². The number of hydrogen-bond acceptors (Lipinski definition) is 1. The van der Waals surface area contributed by atoms with Gasteiger partial charge in [-0.15, -0.1) is 0 Å². The Morgan fingerprint density at radius 3 is 2.00 bits per heavy atom. The van der Waals surface area contributed by atoms with Crippen LogP contribution in [0.1, 0.15) is 47.5 Å². The lowest BCUT2D eigenvalue weighted by atomic mass is 9.89. The Balaban J connectivity index is 3.99. The van der Waals surface area contributed by atoms with Crippen molar-refractivity contribution in [1.29, 1.82) is 0 Å². The summed E-state index contributed by atoms with van der Waals surface area (Å²) < 4.78 is 0. The van der Waals surface area contributed by atoms with E-state index in [4.69, 9.17) is 0 Å². The SMILES string of the molecule is CCN=C(CC)CC(C)(C)C. The lowest BCUT2D eigenvalue weighted by Crippen LogP contribution is -2.12. The molecule has 66 valence electrons. The predicted molar refractivity (Wildman–Crippen MR) is 52.3 cm³/mol. The second-order valence-corrected chi connectivity index (χ2v) is 4.13. The third-order valence-corrected chi connectivity index (χ3v) is 1.52. The maximum absolute atomic E-state index is 4.44. The monoisotopic (exact) mass is 155 g/mol. The highest BCUT2D eigenvalue weighted by Crippen LogP contribution is 2.20. The Hall–Kier alpha value is -0.330. The van der Waals surface area contributed by atoms with Crippen molar-refractivity contribution in [3.63, 3.8) is 0 Å². The average molecular weight is 155 g/mol. The molecule has 0 aliphatic carbocycles. The van der Waals surface area contributed by atoms with Crippen LogP contribution in [0, 0.1) is 5.41 Å². The molecule has 0 rings (SSSR count). The molecule has 0 aromatic heterocycles. The van der Waals surface area contributed by atoms with E-state index in [9.17, 15) is 0 Å². The Morgan fingerprint density at radius 2 is 1.73 bits per heavy atom. The van der Waals surface area contributed by atoms with Gasteiger partial charge in [-0.2, -0.15) is 0 Å². The van der Waals surface area contributed by atoms with Gasteiger partial charge in [0.05, 0.1) is 0 Å². The van der Waals surface area contributed by atoms with Crippen LogP contribution in [0.4, 0.5) is 0 Å². The summed E-state index contributed by atoms with van der Waals surface area (Å²) >= 11 is 0. The smallest absolute Gasteiger partial charge is 0.0360 e. The van der Waals surface area contributed by atoms with Crippen molar-refractivity contribution in [3.8, 4) is 0 Å². The Labute approximate surface area is 70.9 Å². The van der Waals surface area contributed by atoms with E-state index in [1.165, 1.54) is 5.71 Å². The second kappa shape index (κ2) is 4.53. The quantitative estimate of drug-likeness (QED) is 0.554. The summed E-state index contributed by atoms with van der Waals surface area (Å²) in [5.41, 5.74) is 1.75. The van der Waals surface area contributed by atoms with Crippen molar-refractivity contribution in [1.82, 2.24) is 0 Å². The molecule has 0 atom stereocenters. The van der Waals surface area contributed by atoms with E-state index in [1.54, 1.807) is 0 Å². The molecule has 11 heavy (non-hydrogen) atoms. The Morgan fingerprint density at radius 1 is 1.18 bits per heavy atom. The third-order valence-electron chi connectivity index (χ3n) is 1.52. The van der Waals surface area contributed by atoms with Crippen LogP contribution in [0.5, 0.6) is 0 Å². The average Bonchev–Trinajstić information content (AvgIpc) is 1.84. The molecule has 0 bridgehead atoms. The normalized spacial score (nSPS) is 13.7. The first kappa shape index (κ1) is 10.7. The molecular weight excluding hydrogens is 134 g/mol. The first-order valence-electron chi connectivity index (χ1n) is 4.51. The summed E-state index contributed by atoms with van der Waals surface area (Å²) in [7, 11) is 0. The van der Waals surface area contributed by atoms with Crippen molar-refractivity contribution in [2.75, 3.05) is 6.54 Å². The summed E-state index contributed by atoms with van der Waals surface area (Å²) in [6, 6.07) is 0. The molecule has 0 saturated carbocycles. The fourth-order valence-electron chi connectivity index (χ4n) is 1.13. The van der Waals surface area contributed by atoms with Crippen LogP contribution in [0.15, 0.2) is 4.99 Å². The fourth-order valence-corrected chi connectivity index (χ4v) is 1.13. The van der Waals surface area contributed by atoms with Gasteiger partial charge in [0, 0.05) is 12.3 Å². The maximum Gasteiger partial charge on any atom is 0.0360 e. The molecule has 1 heteroatoms. The molecule has 0 fully saturated rings. The molecule has 0 aromatic rings. The highest BCUT2D eigenvalue weighted by Gasteiger charge is 2.12. The summed E-state index contributed by atoms with van der Waals surface area (Å²) in [5.74, 6) is 0. The van der Waals surface area contributed by atoms with Gasteiger partial charge in [0.25, 0.3) is 0 Å². The molecule has 0 unspecified atom stereocenters. The van der Waals surface area contributed by atoms with Crippen LogP contribution in [0.2, 0.25) is 0 Å². The van der Waals surface area contributed by atoms with Gasteiger partial charge in [-0.1, -0.05) is 27.7 Å². The van der Waals surface area contributed by atoms with Crippen molar-refractivity contribution in [2.24, 2.45) is 10.4 Å². The van der Waals surface area contributed by atoms with Crippen LogP contribution in [0.25, 0.3) is 0 Å². The van der Waals surface area contributed by atoms with E-state index in [1.807, 2.05) is 0 Å². The van der Waals surface area contributed by atoms with E-state index < -0.39 is 0 Å². The van der Waals surface area contributed by atoms with Crippen LogP contribution in [-0.4, -0.2) is 12.3 Å². The van der Waals surface area contributed by atoms with Crippen molar-refractivity contribution in [2.45, 2.75) is 47.5 Å². The first-order valence-corrected chi connectivity index (χ1v) is 4.51. The minimum Gasteiger partial charge on any atom is -0.294 e. The molecule has 1 nitrogen and oxygen atoms in total. The lowest BCUT2D eigenvalue weighted by Gasteiger charge is -2.18. The summed E-state index contributed by atoms with van der Waals surface area (Å²) in [4.78, 5) is 4.44. The number of nitrogens with zero attached hydrogens (tertiary/aromatic N) is 1. The summed E-state index contributed by atoms with van der Waals surface area (Å²) in [5, 5.41) is 0. The molecule has 0 aliphatic rings. The topological polar surface area (TPSA) is 12.4 Å². The molecule has 0 aliphatic heterocycles. The van der Waals surface area contributed by atoms with E-state index in [0.717, 1.165) is 19.4 Å². The number of aliphatic imine (C=N–C) groups is 1. The van der Waals surface area contributed by atoms with Gasteiger partial charge in [-0.25, -0.2) is 0 Å². The van der Waals surface area contributed by atoms with Crippen molar-refractivity contribution < 1.29 is 0 Å². The summed E-state index contributed by atoms with van der Waals surface area (Å²) in [6.07, 6.45) is 2.24. The molecule has 0 amide bonds. The van der Waals surface area contributed by atoms with Crippen LogP contribution in [0.3, 0.4) is 0 Å². The van der Waals surface area contributed by atoms with Gasteiger partial charge in [-0.05, 0) is 25.2 Å². The Bertz CT molecular complexity index is 128. The first-order chi connectivity index (χ1) is 4.99. The van der Waals surface area contributed by atoms with Gasteiger partial charge >= 0.3 is 0 Å². The molecule has 0 saturated heterocycles. The predicted octanol–water partition coefficient (Wildman–Crippen LogP) is 3.29. The lowest BCUT2D eigenvalue weighted by molar-refractivity contribution is 0.431. The summed E-state index contributed by atoms with van der Waals surface area (Å²) in [6.45, 7) is 12.0. The van der Waals surface area contributed by atoms with E-state index >= 15 is 0 Å². The molecule has 0 N–H and O–H groups in total. The molecule has 0 aromatic carbocycles. The minimum absolute atomic E-state index is 0.393. The molecular formula is C10H21N. The van der Waals surface area contributed by atoms with E-state index in [-0.39, 0.29) is 0 Å². The molecule has 0 heterocycles. The van der Waals surface area contributed by atoms with Gasteiger partial charge < -0.3 is 0 Å². The number of hydrogen-bond donors (Lipinski definition) is 0. The van der Waals surface area contributed by atoms with Gasteiger partial charge in [0.2, 0.25) is 0 Å². The minimum atomic E-state index is 0.393. The second-order valence-electron chi connectivity index (χ2n) is 4.13. The van der Waals surface area contributed by atoms with Crippen LogP contribution >= 0.6 is 0 Å². The van der Waals surface area contributed by atoms with Gasteiger partial charge in [0.1, 0.15) is 0 Å². The van der Waals surface area contributed by atoms with Crippen LogP contribution < -0.4 is 0 Å². The Kier molecular flexibility index (Phi) is 4.39. The van der Waals surface area contributed by atoms with Gasteiger partial charge in [-0.3, -0.25) is 4.99 Å². The zero-order valence-electron chi connectivity index (χ0n) is 8.57. The van der Waals surface area contributed by atoms with E-state index in [2.05, 4.69) is 39.6 Å². The fraction of sp³-hybridized carbons (Fsp3) is 0.900. The van der Waals surface area contributed by atoms with Crippen molar-refractivity contribution in [3.05, 3.63) is 0 Å². The maximum atomic E-state index is 4.44. The third kappa shape index (κ3) is 6.08. The zero-order valence-corrected chi connectivity index (χ0v) is 8.57. The molecule has 0 radical (unpaired) electrons. The van der Waals surface area contributed by atoms with E-state index in [0.29, 0.717) is 5.41 Å². The van der Waals surface area contributed by atoms with Crippen LogP contribution in [-0.2, 0) is 0 Å². The molecule has 0 spiro atoms. The standard InChI is InChI=1S/C10H21N/c1-6-9(11-7-2)8-10(3,4)5/h6-8H2,1-5H3. The van der Waals surface area contributed by atoms with Gasteiger partial charge in [0.15, 0.2) is 0 Å². The highest BCUT2D eigenvalue weighted by atomic mass is 14.7.